The van der Waals surface area contributed by atoms with E-state index in [-0.39, 0.29) is 5.91 Å². The first-order chi connectivity index (χ1) is 13.7. The number of nitrogens with one attached hydrogen (secondary N) is 1. The summed E-state index contributed by atoms with van der Waals surface area (Å²) in [6.45, 7) is 4.67. The van der Waals surface area contributed by atoms with Crippen LogP contribution < -0.4 is 0 Å². The van der Waals surface area contributed by atoms with Crippen molar-refractivity contribution in [2.45, 2.75) is 19.3 Å². The summed E-state index contributed by atoms with van der Waals surface area (Å²) in [5.41, 5.74) is 2.95. The maximum atomic E-state index is 13.0. The Labute approximate surface area is 171 Å². The second-order valence-corrected chi connectivity index (χ2v) is 7.93. The van der Waals surface area contributed by atoms with Crippen molar-refractivity contribution in [1.82, 2.24) is 14.8 Å². The highest BCUT2D eigenvalue weighted by Crippen LogP contribution is 2.21. The summed E-state index contributed by atoms with van der Waals surface area (Å²) < 4.78 is 0. The Hall–Kier alpha value is -2.30. The molecule has 0 saturated carbocycles. The predicted octanol–water partition coefficient (Wildman–Crippen LogP) is 4.60. The number of carbonyl (C=O) groups is 1. The lowest BCUT2D eigenvalue weighted by Gasteiger charge is -2.21. The Morgan fingerprint density at radius 3 is 2.71 bits per heavy atom. The maximum Gasteiger partial charge on any atom is 0.270 e. The third-order valence-electron chi connectivity index (χ3n) is 5.47. The molecule has 2 heterocycles. The van der Waals surface area contributed by atoms with Gasteiger partial charge in [0.1, 0.15) is 5.69 Å². The summed E-state index contributed by atoms with van der Waals surface area (Å²) in [6, 6.07) is 18.2. The fourth-order valence-corrected chi connectivity index (χ4v) is 4.11. The van der Waals surface area contributed by atoms with Gasteiger partial charge in [-0.25, -0.2) is 0 Å². The summed E-state index contributed by atoms with van der Waals surface area (Å²) in [5.74, 6) is 0.0819. The first-order valence-electron chi connectivity index (χ1n) is 10.0. The molecule has 146 valence electrons. The van der Waals surface area contributed by atoms with Crippen molar-refractivity contribution in [3.8, 4) is 0 Å². The molecule has 0 bridgehead atoms. The molecule has 1 fully saturated rings. The molecule has 0 aliphatic carbocycles. The summed E-state index contributed by atoms with van der Waals surface area (Å²) >= 11 is 6.05. The van der Waals surface area contributed by atoms with Crippen molar-refractivity contribution in [2.75, 3.05) is 32.7 Å². The largest absolute Gasteiger partial charge is 0.350 e. The van der Waals surface area contributed by atoms with Gasteiger partial charge in [-0.2, -0.15) is 0 Å². The lowest BCUT2D eigenvalue weighted by atomic mass is 10.1. The smallest absolute Gasteiger partial charge is 0.270 e. The van der Waals surface area contributed by atoms with E-state index in [1.165, 1.54) is 5.56 Å². The van der Waals surface area contributed by atoms with E-state index in [9.17, 15) is 4.79 Å². The number of benzene rings is 2. The molecule has 0 radical (unpaired) electrons. The van der Waals surface area contributed by atoms with Crippen LogP contribution >= 0.6 is 11.6 Å². The first kappa shape index (κ1) is 19.0. The van der Waals surface area contributed by atoms with Crippen LogP contribution in [-0.4, -0.2) is 53.4 Å². The van der Waals surface area contributed by atoms with Crippen LogP contribution in [0.4, 0.5) is 0 Å². The van der Waals surface area contributed by atoms with Crippen LogP contribution in [0.1, 0.15) is 28.9 Å². The van der Waals surface area contributed by atoms with Crippen LogP contribution in [-0.2, 0) is 6.42 Å². The molecule has 1 aromatic heterocycles. The minimum Gasteiger partial charge on any atom is -0.350 e. The van der Waals surface area contributed by atoms with Crippen LogP contribution in [0.25, 0.3) is 10.9 Å². The van der Waals surface area contributed by atoms with Gasteiger partial charge in [0.05, 0.1) is 0 Å². The first-order valence-corrected chi connectivity index (χ1v) is 10.4. The second kappa shape index (κ2) is 8.80. The molecule has 5 heteroatoms. The molecule has 1 saturated heterocycles. The summed E-state index contributed by atoms with van der Waals surface area (Å²) in [4.78, 5) is 20.6. The summed E-state index contributed by atoms with van der Waals surface area (Å²) in [7, 11) is 0. The van der Waals surface area contributed by atoms with Gasteiger partial charge in [0.2, 0.25) is 0 Å². The molecule has 1 amide bonds. The molecule has 28 heavy (non-hydrogen) atoms. The van der Waals surface area contributed by atoms with Gasteiger partial charge >= 0.3 is 0 Å². The minimum atomic E-state index is 0.0819. The zero-order valence-corrected chi connectivity index (χ0v) is 16.8. The Morgan fingerprint density at radius 1 is 1.00 bits per heavy atom. The number of nitrogens with zero attached hydrogens (tertiary/aromatic N) is 2. The molecule has 4 rings (SSSR count). The van der Waals surface area contributed by atoms with Gasteiger partial charge in [-0.3, -0.25) is 4.79 Å². The van der Waals surface area contributed by atoms with E-state index in [0.717, 1.165) is 62.9 Å². The number of H-pyrrole nitrogens is 1. The number of aromatic amines is 1. The molecule has 3 aromatic rings. The van der Waals surface area contributed by atoms with E-state index in [1.54, 1.807) is 0 Å². The number of rotatable bonds is 5. The molecule has 4 nitrogen and oxygen atoms in total. The lowest BCUT2D eigenvalue weighted by molar-refractivity contribution is 0.0756. The van der Waals surface area contributed by atoms with Gasteiger partial charge in [-0.1, -0.05) is 48.0 Å². The fraction of sp³-hybridized carbons (Fsp3) is 0.348. The topological polar surface area (TPSA) is 39.3 Å². The third kappa shape index (κ3) is 4.57. The molecule has 0 spiro atoms. The van der Waals surface area contributed by atoms with Gasteiger partial charge < -0.3 is 14.8 Å². The van der Waals surface area contributed by atoms with E-state index in [4.69, 9.17) is 11.6 Å². The van der Waals surface area contributed by atoms with Crippen LogP contribution in [0.15, 0.2) is 54.6 Å². The monoisotopic (exact) mass is 395 g/mol. The normalized spacial score (nSPS) is 15.7. The minimum absolute atomic E-state index is 0.0819. The quantitative estimate of drug-likeness (QED) is 0.685. The Balaban J connectivity index is 1.32. The zero-order chi connectivity index (χ0) is 19.3. The SMILES string of the molecule is O=C(c1cc2ccc(Cl)cc2[nH]1)N1CCCN(CCCc2ccccc2)CC1. The van der Waals surface area contributed by atoms with Crippen LogP contribution in [0.3, 0.4) is 0 Å². The molecular weight excluding hydrogens is 370 g/mol. The third-order valence-corrected chi connectivity index (χ3v) is 5.71. The highest BCUT2D eigenvalue weighted by atomic mass is 35.5. The standard InChI is InChI=1S/C23H26ClN3O/c24-20-10-9-19-16-22(25-21(19)17-20)23(28)27-13-5-12-26(14-15-27)11-4-8-18-6-2-1-3-7-18/h1-3,6-7,9-10,16-17,25H,4-5,8,11-15H2. The van der Waals surface area contributed by atoms with Crippen LogP contribution in [0.2, 0.25) is 5.02 Å². The van der Waals surface area contributed by atoms with Crippen molar-refractivity contribution in [3.63, 3.8) is 0 Å². The van der Waals surface area contributed by atoms with Gasteiger partial charge in [0.25, 0.3) is 5.91 Å². The predicted molar refractivity (Wildman–Crippen MR) is 115 cm³/mol. The van der Waals surface area contributed by atoms with Crippen molar-refractivity contribution in [2.24, 2.45) is 0 Å². The average molecular weight is 396 g/mol. The summed E-state index contributed by atoms with van der Waals surface area (Å²) in [6.07, 6.45) is 3.28. The number of hydrogen-bond acceptors (Lipinski definition) is 2. The van der Waals surface area contributed by atoms with Crippen LogP contribution in [0, 0.1) is 0 Å². The number of halogens is 1. The van der Waals surface area contributed by atoms with E-state index < -0.39 is 0 Å². The lowest BCUT2D eigenvalue weighted by Crippen LogP contribution is -2.35. The molecule has 0 unspecified atom stereocenters. The Kier molecular flexibility index (Phi) is 5.98. The number of carbonyl (C=O) groups excluding carboxylic acids is 1. The number of hydrogen-bond donors (Lipinski definition) is 1. The van der Waals surface area contributed by atoms with Crippen molar-refractivity contribution < 1.29 is 4.79 Å². The Bertz CT molecular complexity index is 937. The van der Waals surface area contributed by atoms with Gasteiger partial charge in [0, 0.05) is 35.6 Å². The van der Waals surface area contributed by atoms with E-state index in [2.05, 4.69) is 40.2 Å². The molecule has 2 aromatic carbocycles. The highest BCUT2D eigenvalue weighted by Gasteiger charge is 2.21. The van der Waals surface area contributed by atoms with E-state index >= 15 is 0 Å². The molecule has 0 atom stereocenters. The zero-order valence-electron chi connectivity index (χ0n) is 16.0. The number of aryl methyl sites for hydroxylation is 1. The molecule has 1 aliphatic rings. The van der Waals surface area contributed by atoms with Gasteiger partial charge in [-0.05, 0) is 56.1 Å². The second-order valence-electron chi connectivity index (χ2n) is 7.49. The number of amides is 1. The van der Waals surface area contributed by atoms with Gasteiger partial charge in [0.15, 0.2) is 0 Å². The molecule has 1 aliphatic heterocycles. The summed E-state index contributed by atoms with van der Waals surface area (Å²) in [5, 5.41) is 1.69. The number of aromatic nitrogens is 1. The molecular formula is C23H26ClN3O. The van der Waals surface area contributed by atoms with Crippen molar-refractivity contribution >= 4 is 28.4 Å². The van der Waals surface area contributed by atoms with Gasteiger partial charge in [-0.15, -0.1) is 0 Å². The average Bonchev–Trinajstić information content (AvgIpc) is 2.98. The maximum absolute atomic E-state index is 13.0. The van der Waals surface area contributed by atoms with Crippen molar-refractivity contribution in [3.05, 3.63) is 70.9 Å². The van der Waals surface area contributed by atoms with Crippen LogP contribution in [0.5, 0.6) is 0 Å². The van der Waals surface area contributed by atoms with E-state index in [0.29, 0.717) is 10.7 Å². The molecule has 1 N–H and O–H groups in total. The van der Waals surface area contributed by atoms with E-state index in [1.807, 2.05) is 29.2 Å². The fourth-order valence-electron chi connectivity index (χ4n) is 3.93. The number of fused-ring (bicyclic) bond motifs is 1. The van der Waals surface area contributed by atoms with Crippen molar-refractivity contribution in [1.29, 1.82) is 0 Å². The highest BCUT2D eigenvalue weighted by molar-refractivity contribution is 6.31. The Morgan fingerprint density at radius 2 is 1.86 bits per heavy atom.